The molecule has 24 heavy (non-hydrogen) atoms. The van der Waals surface area contributed by atoms with Crippen LogP contribution in [0.3, 0.4) is 0 Å². The first kappa shape index (κ1) is 15.0. The van der Waals surface area contributed by atoms with Crippen LogP contribution in [0.4, 0.5) is 5.82 Å². The highest BCUT2D eigenvalue weighted by molar-refractivity contribution is 5.81. The molecule has 2 aromatic carbocycles. The van der Waals surface area contributed by atoms with Crippen LogP contribution in [0.1, 0.15) is 5.56 Å². The summed E-state index contributed by atoms with van der Waals surface area (Å²) < 4.78 is 2.28. The van der Waals surface area contributed by atoms with Crippen molar-refractivity contribution in [2.45, 2.75) is 6.54 Å². The molecule has 0 unspecified atom stereocenters. The molecule has 0 spiro atoms. The fourth-order valence-electron chi connectivity index (χ4n) is 3.40. The van der Waals surface area contributed by atoms with Gasteiger partial charge >= 0.3 is 0 Å². The molecule has 0 atom stereocenters. The van der Waals surface area contributed by atoms with Crippen LogP contribution in [-0.2, 0) is 6.54 Å². The zero-order valence-electron chi connectivity index (χ0n) is 13.6. The highest BCUT2D eigenvalue weighted by Gasteiger charge is 2.17. The molecule has 1 aromatic heterocycles. The number of hydrogen-bond acceptors (Lipinski definition) is 3. The number of para-hydroxylation sites is 1. The SMILES string of the molecule is O=c1cc(N2CCNCC2)n(Cc2ccccc2)c2ccccc12. The normalized spacial score (nSPS) is 14.9. The molecule has 1 aliphatic heterocycles. The molecule has 1 N–H and O–H groups in total. The number of nitrogens with one attached hydrogen (secondary N) is 1. The lowest BCUT2D eigenvalue weighted by Crippen LogP contribution is -2.45. The Morgan fingerprint density at radius 3 is 2.42 bits per heavy atom. The minimum absolute atomic E-state index is 0.100. The Bertz CT molecular complexity index is 896. The first-order valence-corrected chi connectivity index (χ1v) is 8.45. The van der Waals surface area contributed by atoms with Gasteiger partial charge in [0.15, 0.2) is 5.43 Å². The second-order valence-electron chi connectivity index (χ2n) is 6.19. The van der Waals surface area contributed by atoms with Gasteiger partial charge in [0, 0.05) is 44.2 Å². The number of piperazine rings is 1. The summed E-state index contributed by atoms with van der Waals surface area (Å²) in [7, 11) is 0. The number of nitrogens with zero attached hydrogens (tertiary/aromatic N) is 2. The highest BCUT2D eigenvalue weighted by Crippen LogP contribution is 2.22. The molecule has 4 nitrogen and oxygen atoms in total. The zero-order chi connectivity index (χ0) is 16.4. The van der Waals surface area contributed by atoms with Gasteiger partial charge in [-0.1, -0.05) is 42.5 Å². The van der Waals surface area contributed by atoms with Gasteiger partial charge in [0.25, 0.3) is 0 Å². The second-order valence-corrected chi connectivity index (χ2v) is 6.19. The van der Waals surface area contributed by atoms with Crippen molar-refractivity contribution in [2.75, 3.05) is 31.1 Å². The number of hydrogen-bond donors (Lipinski definition) is 1. The Labute approximate surface area is 141 Å². The van der Waals surface area contributed by atoms with Crippen LogP contribution in [-0.4, -0.2) is 30.7 Å². The molecule has 122 valence electrons. The third kappa shape index (κ3) is 2.81. The maximum atomic E-state index is 12.6. The smallest absolute Gasteiger partial charge is 0.191 e. The summed E-state index contributed by atoms with van der Waals surface area (Å²) in [5, 5.41) is 4.16. The molecule has 4 rings (SSSR count). The molecule has 0 saturated carbocycles. The Kier molecular flexibility index (Phi) is 4.05. The number of aromatic nitrogens is 1. The highest BCUT2D eigenvalue weighted by atomic mass is 16.1. The first-order valence-electron chi connectivity index (χ1n) is 8.45. The van der Waals surface area contributed by atoms with E-state index in [0.29, 0.717) is 0 Å². The van der Waals surface area contributed by atoms with Gasteiger partial charge in [-0.25, -0.2) is 0 Å². The summed E-state index contributed by atoms with van der Waals surface area (Å²) in [5.74, 6) is 1.02. The molecule has 0 aliphatic carbocycles. The summed E-state index contributed by atoms with van der Waals surface area (Å²) in [4.78, 5) is 14.9. The molecule has 1 aliphatic rings. The average molecular weight is 319 g/mol. The largest absolute Gasteiger partial charge is 0.355 e. The van der Waals surface area contributed by atoms with Crippen LogP contribution in [0.25, 0.3) is 10.9 Å². The Balaban J connectivity index is 1.89. The Morgan fingerprint density at radius 2 is 1.62 bits per heavy atom. The predicted octanol–water partition coefficient (Wildman–Crippen LogP) is 2.46. The van der Waals surface area contributed by atoms with E-state index in [4.69, 9.17) is 0 Å². The van der Waals surface area contributed by atoms with Crippen LogP contribution in [0.5, 0.6) is 0 Å². The number of rotatable bonds is 3. The van der Waals surface area contributed by atoms with Gasteiger partial charge in [-0.3, -0.25) is 4.79 Å². The standard InChI is InChI=1S/C20H21N3O/c24-19-14-20(22-12-10-21-11-13-22)23(15-16-6-2-1-3-7-16)18-9-5-4-8-17(18)19/h1-9,14,21H,10-13,15H2. The van der Waals surface area contributed by atoms with Crippen LogP contribution < -0.4 is 15.6 Å². The van der Waals surface area contributed by atoms with E-state index in [1.165, 1.54) is 5.56 Å². The maximum Gasteiger partial charge on any atom is 0.191 e. The summed E-state index contributed by atoms with van der Waals surface area (Å²) in [5.41, 5.74) is 2.34. The van der Waals surface area contributed by atoms with Gasteiger partial charge in [0.05, 0.1) is 5.52 Å². The molecule has 1 fully saturated rings. The van der Waals surface area contributed by atoms with Gasteiger partial charge in [-0.15, -0.1) is 0 Å². The first-order chi connectivity index (χ1) is 11.8. The summed E-state index contributed by atoms with van der Waals surface area (Å²) >= 11 is 0. The number of benzene rings is 2. The van der Waals surface area contributed by atoms with Crippen molar-refractivity contribution in [3.8, 4) is 0 Å². The van der Waals surface area contributed by atoms with E-state index in [2.05, 4.69) is 39.0 Å². The van der Waals surface area contributed by atoms with Crippen molar-refractivity contribution >= 4 is 16.7 Å². The van der Waals surface area contributed by atoms with Crippen molar-refractivity contribution in [3.63, 3.8) is 0 Å². The van der Waals surface area contributed by atoms with Crippen LogP contribution in [0.15, 0.2) is 65.5 Å². The predicted molar refractivity (Wildman–Crippen MR) is 98.8 cm³/mol. The number of anilines is 1. The average Bonchev–Trinajstić information content (AvgIpc) is 2.65. The van der Waals surface area contributed by atoms with Crippen LogP contribution in [0, 0.1) is 0 Å². The van der Waals surface area contributed by atoms with E-state index >= 15 is 0 Å². The van der Waals surface area contributed by atoms with Crippen LogP contribution >= 0.6 is 0 Å². The molecule has 0 bridgehead atoms. The van der Waals surface area contributed by atoms with Crippen molar-refractivity contribution in [3.05, 3.63) is 76.5 Å². The lowest BCUT2D eigenvalue weighted by molar-refractivity contribution is 0.575. The number of pyridine rings is 1. The minimum atomic E-state index is 0.100. The molecular formula is C20H21N3O. The molecule has 0 radical (unpaired) electrons. The zero-order valence-corrected chi connectivity index (χ0v) is 13.6. The third-order valence-electron chi connectivity index (χ3n) is 4.62. The van der Waals surface area contributed by atoms with Gasteiger partial charge in [0.1, 0.15) is 5.82 Å². The third-order valence-corrected chi connectivity index (χ3v) is 4.62. The Morgan fingerprint density at radius 1 is 0.917 bits per heavy atom. The topological polar surface area (TPSA) is 37.3 Å². The summed E-state index contributed by atoms with van der Waals surface area (Å²) in [6, 6.07) is 20.1. The molecule has 3 aromatic rings. The lowest BCUT2D eigenvalue weighted by atomic mass is 10.1. The lowest BCUT2D eigenvalue weighted by Gasteiger charge is -2.32. The second kappa shape index (κ2) is 6.49. The minimum Gasteiger partial charge on any atom is -0.355 e. The quantitative estimate of drug-likeness (QED) is 0.806. The van der Waals surface area contributed by atoms with E-state index in [1.807, 2.05) is 30.3 Å². The summed E-state index contributed by atoms with van der Waals surface area (Å²) in [6.07, 6.45) is 0. The Hall–Kier alpha value is -2.59. The van der Waals surface area contributed by atoms with Crippen molar-refractivity contribution in [1.82, 2.24) is 9.88 Å². The van der Waals surface area contributed by atoms with Gasteiger partial charge in [-0.05, 0) is 17.7 Å². The molecule has 4 heteroatoms. The molecule has 0 amide bonds. The van der Waals surface area contributed by atoms with Crippen LogP contribution in [0.2, 0.25) is 0 Å². The molecule has 2 heterocycles. The van der Waals surface area contributed by atoms with Gasteiger partial charge in [0.2, 0.25) is 0 Å². The van der Waals surface area contributed by atoms with Gasteiger partial charge < -0.3 is 14.8 Å². The number of fused-ring (bicyclic) bond motifs is 1. The van der Waals surface area contributed by atoms with E-state index in [-0.39, 0.29) is 5.43 Å². The van der Waals surface area contributed by atoms with E-state index in [0.717, 1.165) is 49.4 Å². The van der Waals surface area contributed by atoms with E-state index in [9.17, 15) is 4.79 Å². The van der Waals surface area contributed by atoms with E-state index in [1.54, 1.807) is 6.07 Å². The van der Waals surface area contributed by atoms with E-state index < -0.39 is 0 Å². The van der Waals surface area contributed by atoms with Crippen molar-refractivity contribution in [2.24, 2.45) is 0 Å². The fraction of sp³-hybridized carbons (Fsp3) is 0.250. The fourth-order valence-corrected chi connectivity index (χ4v) is 3.40. The summed E-state index contributed by atoms with van der Waals surface area (Å²) in [6.45, 7) is 4.51. The van der Waals surface area contributed by atoms with Crippen molar-refractivity contribution < 1.29 is 0 Å². The van der Waals surface area contributed by atoms with Gasteiger partial charge in [-0.2, -0.15) is 0 Å². The molecule has 1 saturated heterocycles. The van der Waals surface area contributed by atoms with Crippen molar-refractivity contribution in [1.29, 1.82) is 0 Å². The molecular weight excluding hydrogens is 298 g/mol. The monoisotopic (exact) mass is 319 g/mol. The maximum absolute atomic E-state index is 12.6.